The van der Waals surface area contributed by atoms with Gasteiger partial charge >= 0.3 is 5.97 Å². The summed E-state index contributed by atoms with van der Waals surface area (Å²) >= 11 is 5.84. The summed E-state index contributed by atoms with van der Waals surface area (Å²) in [7, 11) is 0. The number of amides is 1. The molecule has 0 saturated heterocycles. The van der Waals surface area contributed by atoms with Crippen LogP contribution in [0.25, 0.3) is 0 Å². The molecule has 2 aromatic carbocycles. The molecule has 0 fully saturated rings. The zero-order valence-electron chi connectivity index (χ0n) is 11.9. The van der Waals surface area contributed by atoms with Crippen LogP contribution in [0.4, 0.5) is 0 Å². The molecule has 0 unspecified atom stereocenters. The molecule has 4 nitrogen and oxygen atoms in total. The Morgan fingerprint density at radius 3 is 2.45 bits per heavy atom. The van der Waals surface area contributed by atoms with Gasteiger partial charge in [-0.3, -0.25) is 9.59 Å². The predicted octanol–water partition coefficient (Wildman–Crippen LogP) is 2.74. The molecule has 0 saturated carbocycles. The van der Waals surface area contributed by atoms with E-state index in [1.54, 1.807) is 18.2 Å². The van der Waals surface area contributed by atoms with Crippen molar-refractivity contribution in [3.8, 4) is 0 Å². The maximum Gasteiger partial charge on any atom is 0.325 e. The summed E-state index contributed by atoms with van der Waals surface area (Å²) in [6.07, 6.45) is 0.239. The summed E-state index contributed by atoms with van der Waals surface area (Å²) in [5.74, 6) is -0.702. The van der Waals surface area contributed by atoms with Crippen LogP contribution in [0.15, 0.2) is 54.6 Å². The van der Waals surface area contributed by atoms with Crippen LogP contribution >= 0.6 is 11.6 Å². The molecule has 2 aromatic rings. The number of hydrogen-bond donors (Lipinski definition) is 1. The van der Waals surface area contributed by atoms with Crippen LogP contribution in [0.3, 0.4) is 0 Å². The summed E-state index contributed by atoms with van der Waals surface area (Å²) < 4.78 is 5.07. The van der Waals surface area contributed by atoms with Crippen LogP contribution in [0.2, 0.25) is 5.02 Å². The van der Waals surface area contributed by atoms with Gasteiger partial charge in [-0.15, -0.1) is 0 Å². The molecule has 0 radical (unpaired) electrons. The van der Waals surface area contributed by atoms with E-state index in [0.29, 0.717) is 5.02 Å². The monoisotopic (exact) mass is 317 g/mol. The molecule has 0 aliphatic carbocycles. The molecule has 1 N–H and O–H groups in total. The predicted molar refractivity (Wildman–Crippen MR) is 84.4 cm³/mol. The van der Waals surface area contributed by atoms with Gasteiger partial charge in [0.15, 0.2) is 0 Å². The number of esters is 1. The van der Waals surface area contributed by atoms with Gasteiger partial charge in [-0.2, -0.15) is 0 Å². The minimum absolute atomic E-state index is 0.133. The number of nitrogens with one attached hydrogen (secondary N) is 1. The van der Waals surface area contributed by atoms with E-state index in [-0.39, 0.29) is 25.5 Å². The van der Waals surface area contributed by atoms with Crippen LogP contribution in [0.5, 0.6) is 0 Å². The molecule has 0 atom stereocenters. The van der Waals surface area contributed by atoms with E-state index in [1.165, 1.54) is 0 Å². The second-order valence-electron chi connectivity index (χ2n) is 4.73. The lowest BCUT2D eigenvalue weighted by atomic mass is 10.1. The summed E-state index contributed by atoms with van der Waals surface area (Å²) in [4.78, 5) is 23.3. The van der Waals surface area contributed by atoms with E-state index in [9.17, 15) is 9.59 Å². The first-order chi connectivity index (χ1) is 10.6. The Hall–Kier alpha value is -2.33. The zero-order valence-corrected chi connectivity index (χ0v) is 12.7. The molecule has 22 heavy (non-hydrogen) atoms. The van der Waals surface area contributed by atoms with Crippen molar-refractivity contribution < 1.29 is 14.3 Å². The number of rotatable bonds is 6. The van der Waals surface area contributed by atoms with Crippen LogP contribution in [0, 0.1) is 0 Å². The van der Waals surface area contributed by atoms with Crippen molar-refractivity contribution in [1.82, 2.24) is 5.32 Å². The highest BCUT2D eigenvalue weighted by atomic mass is 35.5. The minimum Gasteiger partial charge on any atom is -0.460 e. The fourth-order valence-electron chi connectivity index (χ4n) is 1.86. The molecule has 0 aromatic heterocycles. The number of carbonyl (C=O) groups is 2. The summed E-state index contributed by atoms with van der Waals surface area (Å²) in [6.45, 7) is -0.0137. The Balaban J connectivity index is 1.70. The molecule has 1 amide bonds. The fraction of sp³-hybridized carbons (Fsp3) is 0.176. The smallest absolute Gasteiger partial charge is 0.325 e. The maximum absolute atomic E-state index is 11.7. The second kappa shape index (κ2) is 8.20. The van der Waals surface area contributed by atoms with E-state index in [1.807, 2.05) is 36.4 Å². The lowest BCUT2D eigenvalue weighted by Gasteiger charge is -2.07. The third-order valence-electron chi connectivity index (χ3n) is 2.93. The third kappa shape index (κ3) is 5.58. The Labute approximate surface area is 134 Å². The van der Waals surface area contributed by atoms with Crippen LogP contribution in [-0.4, -0.2) is 18.4 Å². The first-order valence-electron chi connectivity index (χ1n) is 6.84. The molecule has 114 valence electrons. The highest BCUT2D eigenvalue weighted by Crippen LogP contribution is 2.11. The Morgan fingerprint density at radius 2 is 1.73 bits per heavy atom. The Bertz CT molecular complexity index is 643. The Morgan fingerprint density at radius 1 is 1.00 bits per heavy atom. The zero-order chi connectivity index (χ0) is 15.8. The number of benzene rings is 2. The summed E-state index contributed by atoms with van der Waals surface area (Å²) in [5, 5.41) is 3.13. The largest absolute Gasteiger partial charge is 0.460 e. The lowest BCUT2D eigenvalue weighted by molar-refractivity contribution is -0.145. The van der Waals surface area contributed by atoms with Gasteiger partial charge in [-0.1, -0.05) is 54.1 Å². The molecule has 0 heterocycles. The van der Waals surface area contributed by atoms with Gasteiger partial charge < -0.3 is 10.1 Å². The van der Waals surface area contributed by atoms with Gasteiger partial charge in [0.2, 0.25) is 5.91 Å². The van der Waals surface area contributed by atoms with Crippen molar-refractivity contribution in [3.05, 3.63) is 70.7 Å². The van der Waals surface area contributed by atoms with Crippen LogP contribution < -0.4 is 5.32 Å². The molecule has 0 spiro atoms. The van der Waals surface area contributed by atoms with Crippen molar-refractivity contribution in [2.45, 2.75) is 13.0 Å². The number of hydrogen-bond acceptors (Lipinski definition) is 3. The summed E-state index contributed by atoms with van der Waals surface area (Å²) in [5.41, 5.74) is 1.70. The maximum atomic E-state index is 11.7. The molecule has 0 bridgehead atoms. The lowest BCUT2D eigenvalue weighted by Crippen LogP contribution is -2.31. The number of ether oxygens (including phenoxy) is 1. The molecular weight excluding hydrogens is 302 g/mol. The normalized spacial score (nSPS) is 10.0. The molecule has 0 aliphatic rings. The average molecular weight is 318 g/mol. The summed E-state index contributed by atoms with van der Waals surface area (Å²) in [6, 6.07) is 16.4. The van der Waals surface area contributed by atoms with E-state index in [2.05, 4.69) is 5.32 Å². The topological polar surface area (TPSA) is 55.4 Å². The first-order valence-corrected chi connectivity index (χ1v) is 7.22. The van der Waals surface area contributed by atoms with Crippen molar-refractivity contribution in [1.29, 1.82) is 0 Å². The fourth-order valence-corrected chi connectivity index (χ4v) is 2.07. The van der Waals surface area contributed by atoms with Crippen molar-refractivity contribution in [3.63, 3.8) is 0 Å². The number of halogens is 1. The molecule has 5 heteroatoms. The highest BCUT2D eigenvalue weighted by molar-refractivity contribution is 6.30. The van der Waals surface area contributed by atoms with Crippen molar-refractivity contribution >= 4 is 23.5 Å². The standard InChI is InChI=1S/C17H16ClNO3/c18-15-8-4-7-14(9-15)12-22-17(21)11-19-16(20)10-13-5-2-1-3-6-13/h1-9H,10-12H2,(H,19,20). The second-order valence-corrected chi connectivity index (χ2v) is 5.17. The van der Waals surface area contributed by atoms with E-state index in [4.69, 9.17) is 16.3 Å². The van der Waals surface area contributed by atoms with Gasteiger partial charge in [-0.05, 0) is 23.3 Å². The highest BCUT2D eigenvalue weighted by Gasteiger charge is 2.07. The first kappa shape index (κ1) is 16.0. The SMILES string of the molecule is O=C(Cc1ccccc1)NCC(=O)OCc1cccc(Cl)c1. The van der Waals surface area contributed by atoms with E-state index in [0.717, 1.165) is 11.1 Å². The number of carbonyl (C=O) groups excluding carboxylic acids is 2. The van der Waals surface area contributed by atoms with Gasteiger partial charge in [0.25, 0.3) is 0 Å². The van der Waals surface area contributed by atoms with Gasteiger partial charge in [0.05, 0.1) is 6.42 Å². The quantitative estimate of drug-likeness (QED) is 0.833. The van der Waals surface area contributed by atoms with Gasteiger partial charge in [0.1, 0.15) is 13.2 Å². The third-order valence-corrected chi connectivity index (χ3v) is 3.16. The Kier molecular flexibility index (Phi) is 5.98. The van der Waals surface area contributed by atoms with Crippen molar-refractivity contribution in [2.24, 2.45) is 0 Å². The molecule has 2 rings (SSSR count). The molecular formula is C17H16ClNO3. The van der Waals surface area contributed by atoms with Gasteiger partial charge in [-0.25, -0.2) is 0 Å². The van der Waals surface area contributed by atoms with E-state index < -0.39 is 5.97 Å². The minimum atomic E-state index is -0.485. The van der Waals surface area contributed by atoms with Crippen LogP contribution in [0.1, 0.15) is 11.1 Å². The van der Waals surface area contributed by atoms with Crippen LogP contribution in [-0.2, 0) is 27.4 Å². The van der Waals surface area contributed by atoms with Gasteiger partial charge in [0, 0.05) is 5.02 Å². The van der Waals surface area contributed by atoms with Crippen molar-refractivity contribution in [2.75, 3.05) is 6.54 Å². The van der Waals surface area contributed by atoms with E-state index >= 15 is 0 Å². The molecule has 0 aliphatic heterocycles. The average Bonchev–Trinajstić information content (AvgIpc) is 2.52.